The predicted octanol–water partition coefficient (Wildman–Crippen LogP) is 5.28. The van der Waals surface area contributed by atoms with Crippen LogP contribution in [0, 0.1) is 0 Å². The van der Waals surface area contributed by atoms with Gasteiger partial charge in [-0.15, -0.1) is 0 Å². The Morgan fingerprint density at radius 3 is 1.50 bits per heavy atom. The molecular formula is C34H32N2O8. The SMILES string of the molecule is COc1ccc(-c2ccc(C(O)(c3ccc(-c4ccc(OC)cc4)cc3)[C@H](C)OC(=O)N3CC(C(=O)O)NC3=O)cc2)cc1. The fourth-order valence-electron chi connectivity index (χ4n) is 5.17. The topological polar surface area (TPSA) is 135 Å². The third kappa shape index (κ3) is 5.93. The van der Waals surface area contributed by atoms with Crippen LogP contribution in [0.4, 0.5) is 9.59 Å². The number of nitrogens with zero attached hydrogens (tertiary/aromatic N) is 1. The average molecular weight is 597 g/mol. The quantitative estimate of drug-likeness (QED) is 0.238. The van der Waals surface area contributed by atoms with Gasteiger partial charge in [-0.3, -0.25) is 0 Å². The van der Waals surface area contributed by atoms with Crippen molar-refractivity contribution in [3.63, 3.8) is 0 Å². The second-order valence-corrected chi connectivity index (χ2v) is 10.4. The van der Waals surface area contributed by atoms with Gasteiger partial charge in [0.15, 0.2) is 5.60 Å². The van der Waals surface area contributed by atoms with Crippen LogP contribution in [0.15, 0.2) is 97.1 Å². The first-order valence-corrected chi connectivity index (χ1v) is 13.9. The first kappa shape index (κ1) is 30.1. The van der Waals surface area contributed by atoms with Crippen LogP contribution in [0.1, 0.15) is 18.1 Å². The van der Waals surface area contributed by atoms with E-state index in [1.54, 1.807) is 38.5 Å². The molecule has 1 heterocycles. The molecule has 1 fully saturated rings. The number of carbonyl (C=O) groups excluding carboxylic acids is 2. The van der Waals surface area contributed by atoms with Crippen molar-refractivity contribution in [2.24, 2.45) is 0 Å². The molecule has 0 spiro atoms. The van der Waals surface area contributed by atoms with Crippen molar-refractivity contribution in [3.8, 4) is 33.8 Å². The van der Waals surface area contributed by atoms with Crippen LogP contribution in [0.5, 0.6) is 11.5 Å². The molecule has 0 saturated carbocycles. The van der Waals surface area contributed by atoms with Gasteiger partial charge in [0, 0.05) is 0 Å². The highest BCUT2D eigenvalue weighted by Gasteiger charge is 2.44. The summed E-state index contributed by atoms with van der Waals surface area (Å²) in [6, 6.07) is 27.4. The Bertz CT molecular complexity index is 1540. The van der Waals surface area contributed by atoms with Crippen LogP contribution in [0.2, 0.25) is 0 Å². The van der Waals surface area contributed by atoms with Crippen LogP contribution < -0.4 is 14.8 Å². The first-order valence-electron chi connectivity index (χ1n) is 13.9. The normalized spacial score (nSPS) is 15.3. The molecule has 1 unspecified atom stereocenters. The lowest BCUT2D eigenvalue weighted by molar-refractivity contribution is -0.138. The highest BCUT2D eigenvalue weighted by molar-refractivity contribution is 5.96. The second kappa shape index (κ2) is 12.5. The van der Waals surface area contributed by atoms with Gasteiger partial charge in [0.05, 0.1) is 20.8 Å². The van der Waals surface area contributed by atoms with Gasteiger partial charge < -0.3 is 29.7 Å². The van der Waals surface area contributed by atoms with Gasteiger partial charge in [0.25, 0.3) is 0 Å². The summed E-state index contributed by atoms with van der Waals surface area (Å²) < 4.78 is 16.1. The summed E-state index contributed by atoms with van der Waals surface area (Å²) >= 11 is 0. The number of carboxylic acids is 1. The van der Waals surface area contributed by atoms with E-state index in [-0.39, 0.29) is 0 Å². The summed E-state index contributed by atoms with van der Waals surface area (Å²) in [5.74, 6) is 0.191. The summed E-state index contributed by atoms with van der Waals surface area (Å²) in [5.41, 5.74) is 2.73. The van der Waals surface area contributed by atoms with E-state index in [0.717, 1.165) is 33.8 Å². The standard InChI is InChI=1S/C34H32N2O8/c1-21(44-33(40)36-20-30(31(37)38)35-32(36)39)34(41,26-12-4-22(5-13-26)24-8-16-28(42-2)17-9-24)27-14-6-23(7-15-27)25-10-18-29(43-3)19-11-25/h4-19,21,30,41H,20H2,1-3H3,(H,35,39)(H,37,38)/t21-,30?/m0/s1. The number of urea groups is 1. The molecule has 1 aliphatic heterocycles. The first-order chi connectivity index (χ1) is 21.1. The molecule has 5 rings (SSSR count). The number of carbonyl (C=O) groups is 3. The minimum Gasteiger partial charge on any atom is -0.497 e. The van der Waals surface area contributed by atoms with Crippen molar-refractivity contribution in [2.45, 2.75) is 24.7 Å². The number of aliphatic hydroxyl groups is 1. The van der Waals surface area contributed by atoms with E-state index in [9.17, 15) is 24.6 Å². The third-order valence-corrected chi connectivity index (χ3v) is 7.79. The van der Waals surface area contributed by atoms with Gasteiger partial charge in [0.1, 0.15) is 23.6 Å². The van der Waals surface area contributed by atoms with Crippen LogP contribution in [0.25, 0.3) is 22.3 Å². The van der Waals surface area contributed by atoms with E-state index in [1.165, 1.54) is 6.92 Å². The van der Waals surface area contributed by atoms with E-state index in [1.807, 2.05) is 72.8 Å². The Kier molecular flexibility index (Phi) is 8.54. The lowest BCUT2D eigenvalue weighted by atomic mass is 9.81. The van der Waals surface area contributed by atoms with Gasteiger partial charge >= 0.3 is 18.1 Å². The number of hydrogen-bond acceptors (Lipinski definition) is 7. The Hall–Kier alpha value is -5.35. The van der Waals surface area contributed by atoms with E-state index in [0.29, 0.717) is 16.0 Å². The fraction of sp³-hybridized carbons (Fsp3) is 0.206. The summed E-state index contributed by atoms with van der Waals surface area (Å²) in [6.07, 6.45) is -2.26. The van der Waals surface area contributed by atoms with Crippen molar-refractivity contribution in [1.29, 1.82) is 0 Å². The van der Waals surface area contributed by atoms with Crippen molar-refractivity contribution in [1.82, 2.24) is 10.2 Å². The Balaban J connectivity index is 1.47. The Labute approximate surface area is 254 Å². The van der Waals surface area contributed by atoms with Crippen molar-refractivity contribution in [3.05, 3.63) is 108 Å². The number of nitrogens with one attached hydrogen (secondary N) is 1. The number of carboxylic acid groups (broad SMARTS) is 1. The molecule has 1 saturated heterocycles. The minimum atomic E-state index is -1.84. The third-order valence-electron chi connectivity index (χ3n) is 7.79. The van der Waals surface area contributed by atoms with Crippen LogP contribution >= 0.6 is 0 Å². The maximum atomic E-state index is 13.0. The number of rotatable bonds is 9. The predicted molar refractivity (Wildman–Crippen MR) is 162 cm³/mol. The fourth-order valence-corrected chi connectivity index (χ4v) is 5.17. The molecule has 4 aromatic rings. The van der Waals surface area contributed by atoms with E-state index >= 15 is 0 Å². The lowest BCUT2D eigenvalue weighted by Crippen LogP contribution is -2.45. The molecule has 0 aliphatic carbocycles. The monoisotopic (exact) mass is 596 g/mol. The van der Waals surface area contributed by atoms with E-state index in [4.69, 9.17) is 14.2 Å². The van der Waals surface area contributed by atoms with Gasteiger partial charge in [0.2, 0.25) is 0 Å². The van der Waals surface area contributed by atoms with Gasteiger partial charge in [-0.05, 0) is 64.6 Å². The summed E-state index contributed by atoms with van der Waals surface area (Å²) in [7, 11) is 3.20. The molecule has 0 radical (unpaired) electrons. The maximum absolute atomic E-state index is 13.0. The highest BCUT2D eigenvalue weighted by Crippen LogP contribution is 2.37. The maximum Gasteiger partial charge on any atom is 0.418 e. The molecule has 226 valence electrons. The van der Waals surface area contributed by atoms with Gasteiger partial charge in [-0.2, -0.15) is 0 Å². The highest BCUT2D eigenvalue weighted by atomic mass is 16.6. The van der Waals surface area contributed by atoms with Crippen LogP contribution in [0.3, 0.4) is 0 Å². The zero-order chi connectivity index (χ0) is 31.4. The van der Waals surface area contributed by atoms with Crippen molar-refractivity contribution < 1.29 is 38.8 Å². The van der Waals surface area contributed by atoms with Gasteiger partial charge in [-0.25, -0.2) is 19.3 Å². The Morgan fingerprint density at radius 1 is 0.773 bits per heavy atom. The molecule has 0 aromatic heterocycles. The zero-order valence-electron chi connectivity index (χ0n) is 24.4. The number of ether oxygens (including phenoxy) is 3. The summed E-state index contributed by atoms with van der Waals surface area (Å²) in [4.78, 5) is 37.4. The van der Waals surface area contributed by atoms with Gasteiger partial charge in [-0.1, -0.05) is 72.8 Å². The zero-order valence-corrected chi connectivity index (χ0v) is 24.4. The van der Waals surface area contributed by atoms with Crippen molar-refractivity contribution in [2.75, 3.05) is 20.8 Å². The molecule has 2 atom stereocenters. The smallest absolute Gasteiger partial charge is 0.418 e. The molecule has 3 N–H and O–H groups in total. The molecule has 4 aromatic carbocycles. The number of methoxy groups -OCH3 is 2. The number of amides is 3. The average Bonchev–Trinajstić information content (AvgIpc) is 3.46. The minimum absolute atomic E-state index is 0.398. The lowest BCUT2D eigenvalue weighted by Gasteiger charge is -2.35. The largest absolute Gasteiger partial charge is 0.497 e. The molecule has 10 nitrogen and oxygen atoms in total. The molecule has 3 amide bonds. The van der Waals surface area contributed by atoms with Crippen LogP contribution in [-0.2, 0) is 15.1 Å². The number of hydrogen-bond donors (Lipinski definition) is 3. The Morgan fingerprint density at radius 2 is 1.16 bits per heavy atom. The van der Waals surface area contributed by atoms with E-state index in [2.05, 4.69) is 5.32 Å². The van der Waals surface area contributed by atoms with Crippen molar-refractivity contribution >= 4 is 18.1 Å². The molecular weight excluding hydrogens is 564 g/mol. The summed E-state index contributed by atoms with van der Waals surface area (Å²) in [5, 5.41) is 23.8. The molecule has 1 aliphatic rings. The molecule has 0 bridgehead atoms. The number of aliphatic carboxylic acids is 1. The number of imide groups is 1. The van der Waals surface area contributed by atoms with E-state index < -0.39 is 42.4 Å². The summed E-state index contributed by atoms with van der Waals surface area (Å²) in [6.45, 7) is 1.13. The second-order valence-electron chi connectivity index (χ2n) is 10.4. The molecule has 44 heavy (non-hydrogen) atoms. The van der Waals surface area contributed by atoms with Crippen LogP contribution in [-0.4, -0.2) is 66.1 Å². The molecule has 10 heteroatoms. The number of benzene rings is 4.